The lowest BCUT2D eigenvalue weighted by atomic mass is 9.42. The fraction of sp³-hybridized carbons (Fsp3) is 0.968. The molecule has 0 amide bonds. The number of aliphatic hydroxyl groups is 4. The van der Waals surface area contributed by atoms with Gasteiger partial charge in [0.15, 0.2) is 8.32 Å². The van der Waals surface area contributed by atoms with Crippen molar-refractivity contribution in [3.63, 3.8) is 0 Å². The largest absolute Gasteiger partial charge is 0.414 e. The van der Waals surface area contributed by atoms with Crippen LogP contribution in [0.5, 0.6) is 0 Å². The van der Waals surface area contributed by atoms with Gasteiger partial charge in [0.2, 0.25) is 0 Å². The maximum absolute atomic E-state index is 14.2. The van der Waals surface area contributed by atoms with Crippen LogP contribution in [0.25, 0.3) is 0 Å². The second kappa shape index (κ2) is 10.5. The van der Waals surface area contributed by atoms with Crippen molar-refractivity contribution in [1.29, 1.82) is 0 Å². The number of carbonyl (C=O) groups excluding carboxylic acids is 1. The summed E-state index contributed by atoms with van der Waals surface area (Å²) in [4.78, 5) is 14.2. The van der Waals surface area contributed by atoms with Gasteiger partial charge in [0.05, 0.1) is 25.4 Å². The number of hydrogen-bond donors (Lipinski definition) is 4. The number of hydrogen-bond acceptors (Lipinski definition) is 6. The summed E-state index contributed by atoms with van der Waals surface area (Å²) in [5.41, 5.74) is -0.153. The van der Waals surface area contributed by atoms with Gasteiger partial charge in [0, 0.05) is 18.4 Å². The highest BCUT2D eigenvalue weighted by molar-refractivity contribution is 6.74. The van der Waals surface area contributed by atoms with Crippen LogP contribution in [-0.4, -0.2) is 66.1 Å². The minimum absolute atomic E-state index is 0.0164. The Morgan fingerprint density at radius 1 is 1.05 bits per heavy atom. The van der Waals surface area contributed by atoms with Crippen molar-refractivity contribution in [2.75, 3.05) is 13.2 Å². The lowest BCUT2D eigenvalue weighted by molar-refractivity contribution is -0.185. The molecule has 4 rings (SSSR count). The zero-order valence-electron chi connectivity index (χ0n) is 25.2. The molecule has 6 nitrogen and oxygen atoms in total. The molecule has 7 heteroatoms. The third kappa shape index (κ3) is 4.89. The Morgan fingerprint density at radius 3 is 2.29 bits per heavy atom. The van der Waals surface area contributed by atoms with Crippen LogP contribution in [0.3, 0.4) is 0 Å². The van der Waals surface area contributed by atoms with Gasteiger partial charge in [-0.05, 0) is 103 Å². The first kappa shape index (κ1) is 30.6. The van der Waals surface area contributed by atoms with Gasteiger partial charge >= 0.3 is 0 Å². The van der Waals surface area contributed by atoms with Crippen molar-refractivity contribution in [3.8, 4) is 0 Å². The van der Waals surface area contributed by atoms with Gasteiger partial charge in [-0.2, -0.15) is 0 Å². The maximum Gasteiger partial charge on any atom is 0.192 e. The Morgan fingerprint density at radius 2 is 1.71 bits per heavy atom. The highest BCUT2D eigenvalue weighted by Crippen LogP contribution is 2.69. The van der Waals surface area contributed by atoms with E-state index in [2.05, 4.69) is 54.6 Å². The van der Waals surface area contributed by atoms with Crippen LogP contribution in [0.15, 0.2) is 0 Å². The van der Waals surface area contributed by atoms with Crippen molar-refractivity contribution < 1.29 is 29.6 Å². The molecule has 0 aromatic rings. The number of fused-ring (bicyclic) bond motifs is 5. The van der Waals surface area contributed by atoms with Gasteiger partial charge < -0.3 is 24.9 Å². The molecule has 0 bridgehead atoms. The Kier molecular flexibility index (Phi) is 8.47. The summed E-state index contributed by atoms with van der Waals surface area (Å²) in [6.45, 7) is 17.9. The molecule has 4 saturated carbocycles. The molecule has 4 aliphatic carbocycles. The smallest absolute Gasteiger partial charge is 0.192 e. The molecule has 12 atom stereocenters. The number of aliphatic hydroxyl groups excluding tert-OH is 4. The first-order chi connectivity index (χ1) is 17.5. The molecule has 4 N–H and O–H groups in total. The second-order valence-corrected chi connectivity index (χ2v) is 20.5. The number of rotatable bonds is 7. The van der Waals surface area contributed by atoms with E-state index in [1.165, 1.54) is 0 Å². The van der Waals surface area contributed by atoms with Gasteiger partial charge in [-0.3, -0.25) is 4.79 Å². The van der Waals surface area contributed by atoms with E-state index in [1.54, 1.807) is 0 Å². The average Bonchev–Trinajstić information content (AvgIpc) is 3.17. The first-order valence-electron chi connectivity index (χ1n) is 15.3. The molecule has 0 saturated heterocycles. The molecule has 4 aliphatic rings. The van der Waals surface area contributed by atoms with Gasteiger partial charge in [0.25, 0.3) is 0 Å². The van der Waals surface area contributed by atoms with Gasteiger partial charge in [-0.15, -0.1) is 0 Å². The summed E-state index contributed by atoms with van der Waals surface area (Å²) < 4.78 is 7.34. The van der Waals surface area contributed by atoms with E-state index in [0.717, 1.165) is 38.5 Å². The normalized spacial score (nSPS) is 44.1. The second-order valence-electron chi connectivity index (χ2n) is 15.7. The fourth-order valence-electron chi connectivity index (χ4n) is 9.54. The predicted molar refractivity (Wildman–Crippen MR) is 152 cm³/mol. The summed E-state index contributed by atoms with van der Waals surface area (Å²) in [6, 6.07) is 0. The van der Waals surface area contributed by atoms with E-state index < -0.39 is 20.5 Å². The van der Waals surface area contributed by atoms with E-state index in [4.69, 9.17) is 4.43 Å². The van der Waals surface area contributed by atoms with E-state index in [9.17, 15) is 25.2 Å². The molecule has 0 spiro atoms. The zero-order valence-corrected chi connectivity index (χ0v) is 26.2. The van der Waals surface area contributed by atoms with Crippen LogP contribution in [0.2, 0.25) is 18.1 Å². The Labute approximate surface area is 232 Å². The van der Waals surface area contributed by atoms with Crippen molar-refractivity contribution in [3.05, 3.63) is 0 Å². The van der Waals surface area contributed by atoms with Crippen LogP contribution in [-0.2, 0) is 9.22 Å². The summed E-state index contributed by atoms with van der Waals surface area (Å²) in [5.74, 6) is 1.24. The molecule has 0 aliphatic heterocycles. The molecule has 220 valence electrons. The monoisotopic (exact) mass is 552 g/mol. The molecule has 0 radical (unpaired) electrons. The topological polar surface area (TPSA) is 107 Å². The van der Waals surface area contributed by atoms with Crippen molar-refractivity contribution >= 4 is 14.1 Å². The van der Waals surface area contributed by atoms with Crippen LogP contribution in [0.1, 0.15) is 86.5 Å². The molecule has 0 aromatic carbocycles. The van der Waals surface area contributed by atoms with Crippen molar-refractivity contribution in [2.24, 2.45) is 52.3 Å². The van der Waals surface area contributed by atoms with Crippen molar-refractivity contribution in [2.45, 2.75) is 123 Å². The van der Waals surface area contributed by atoms with Gasteiger partial charge in [-0.1, -0.05) is 41.5 Å². The lowest BCUT2D eigenvalue weighted by Crippen LogP contribution is -2.64. The standard InChI is InChI=1S/C31H56O6Si/c1-18(24(35)16-32)21-9-10-22-27-23(34)14-20-13-19(25(36)17-33)11-12-30(20,5)28(27)26(15-31(21,22)6)37-38(7,8)29(2,3)4/h18-22,24-28,32-33,35-36H,9-17H2,1-8H3/t18?,19?,20?,21-,22+,24?,25?,26?,27-,28+,30+,31-/m1/s1. The summed E-state index contributed by atoms with van der Waals surface area (Å²) in [6.07, 6.45) is 4.59. The number of carbonyl (C=O) groups is 1. The molecule has 0 heterocycles. The summed E-state index contributed by atoms with van der Waals surface area (Å²) in [7, 11) is -2.15. The Balaban J connectivity index is 1.76. The van der Waals surface area contributed by atoms with Crippen LogP contribution in [0.4, 0.5) is 0 Å². The molecule has 6 unspecified atom stereocenters. The number of ketones is 1. The third-order valence-electron chi connectivity index (χ3n) is 12.9. The lowest BCUT2D eigenvalue weighted by Gasteiger charge is -2.64. The third-order valence-corrected chi connectivity index (χ3v) is 17.4. The van der Waals surface area contributed by atoms with E-state index in [-0.39, 0.29) is 76.6 Å². The molecular formula is C31H56O6Si. The zero-order chi connectivity index (χ0) is 28.4. The molecule has 0 aromatic heterocycles. The van der Waals surface area contributed by atoms with Crippen LogP contribution < -0.4 is 0 Å². The minimum atomic E-state index is -2.15. The minimum Gasteiger partial charge on any atom is -0.414 e. The Hall–Kier alpha value is -0.313. The van der Waals surface area contributed by atoms with Gasteiger partial charge in [-0.25, -0.2) is 0 Å². The summed E-state index contributed by atoms with van der Waals surface area (Å²) in [5, 5.41) is 40.5. The van der Waals surface area contributed by atoms with E-state index in [1.807, 2.05) is 0 Å². The fourth-order valence-corrected chi connectivity index (χ4v) is 10.9. The highest BCUT2D eigenvalue weighted by atomic mass is 28.4. The Bertz CT molecular complexity index is 871. The maximum atomic E-state index is 14.2. The van der Waals surface area contributed by atoms with E-state index in [0.29, 0.717) is 12.2 Å². The number of Topliss-reactive ketones (excluding diaryl/α,β-unsaturated/α-hetero) is 1. The SMILES string of the molecule is CC(C(O)CO)[C@H]1CC[C@H]2[C@@H]3C(=O)CC4CC(C(O)CO)CC[C@]4(C)[C@H]3C(O[Si](C)(C)C(C)(C)C)C[C@]12C. The van der Waals surface area contributed by atoms with Crippen molar-refractivity contribution in [1.82, 2.24) is 0 Å². The van der Waals surface area contributed by atoms with Crippen LogP contribution >= 0.6 is 0 Å². The van der Waals surface area contributed by atoms with Crippen LogP contribution in [0, 0.1) is 52.3 Å². The molecule has 4 fully saturated rings. The first-order valence-corrected chi connectivity index (χ1v) is 18.2. The quantitative estimate of drug-likeness (QED) is 0.339. The molecule has 38 heavy (non-hydrogen) atoms. The molecular weight excluding hydrogens is 496 g/mol. The average molecular weight is 553 g/mol. The predicted octanol–water partition coefficient (Wildman–Crippen LogP) is 4.78. The highest BCUT2D eigenvalue weighted by Gasteiger charge is 2.67. The van der Waals surface area contributed by atoms with E-state index >= 15 is 0 Å². The summed E-state index contributed by atoms with van der Waals surface area (Å²) >= 11 is 0. The van der Waals surface area contributed by atoms with Gasteiger partial charge in [0.1, 0.15) is 5.78 Å².